The molecule has 0 fully saturated rings. The Labute approximate surface area is 189 Å². The zero-order chi connectivity index (χ0) is 22.6. The summed E-state index contributed by atoms with van der Waals surface area (Å²) in [4.78, 5) is 26.0. The van der Waals surface area contributed by atoms with Gasteiger partial charge >= 0.3 is 0 Å². The average molecular weight is 435 g/mol. The van der Waals surface area contributed by atoms with E-state index in [0.717, 1.165) is 11.3 Å². The lowest BCUT2D eigenvalue weighted by atomic mass is 10.1. The highest BCUT2D eigenvalue weighted by atomic mass is 16.2. The number of rotatable bonds is 6. The molecule has 162 valence electrons. The van der Waals surface area contributed by atoms with E-state index in [1.54, 1.807) is 42.6 Å². The van der Waals surface area contributed by atoms with Crippen LogP contribution in [0.15, 0.2) is 102 Å². The van der Waals surface area contributed by atoms with Crippen molar-refractivity contribution in [2.45, 2.75) is 6.42 Å². The fraction of sp³-hybridized carbons (Fsp3) is 0.0769. The van der Waals surface area contributed by atoms with E-state index in [1.165, 1.54) is 4.68 Å². The largest absolute Gasteiger partial charge is 0.350 e. The molecule has 0 bridgehead atoms. The second-order valence-corrected chi connectivity index (χ2v) is 7.58. The minimum Gasteiger partial charge on any atom is -0.350 e. The zero-order valence-corrected chi connectivity index (χ0v) is 17.8. The van der Waals surface area contributed by atoms with Gasteiger partial charge in [0.1, 0.15) is 0 Å². The second kappa shape index (κ2) is 8.92. The van der Waals surface area contributed by atoms with Crippen LogP contribution in [-0.4, -0.2) is 32.0 Å². The Morgan fingerprint density at radius 2 is 1.45 bits per heavy atom. The number of carbonyl (C=O) groups excluding carboxylic acids is 1. The van der Waals surface area contributed by atoms with E-state index in [4.69, 9.17) is 0 Å². The third-order valence-electron chi connectivity index (χ3n) is 5.38. The standard InChI is InChI=1S/C26H21N5O2/c32-25(27-16-15-19-17-28-30(18-19)20-9-3-1-4-10-20)24-22-13-7-8-14-23(22)26(33)31(29-24)21-11-5-2-6-12-21/h1-14,17-18H,15-16H2,(H,27,32). The van der Waals surface area contributed by atoms with Crippen molar-refractivity contribution < 1.29 is 4.79 Å². The van der Waals surface area contributed by atoms with Gasteiger partial charge in [-0.25, -0.2) is 4.68 Å². The topological polar surface area (TPSA) is 81.8 Å². The summed E-state index contributed by atoms with van der Waals surface area (Å²) in [5.41, 5.74) is 2.55. The molecule has 0 spiro atoms. The van der Waals surface area contributed by atoms with Crippen LogP contribution in [0, 0.1) is 0 Å². The number of aromatic nitrogens is 4. The monoisotopic (exact) mass is 435 g/mol. The van der Waals surface area contributed by atoms with E-state index in [0.29, 0.717) is 29.4 Å². The summed E-state index contributed by atoms with van der Waals surface area (Å²) < 4.78 is 3.09. The minimum atomic E-state index is -0.327. The van der Waals surface area contributed by atoms with Crippen LogP contribution < -0.4 is 10.9 Å². The van der Waals surface area contributed by atoms with Crippen molar-refractivity contribution in [2.75, 3.05) is 6.54 Å². The third-order valence-corrected chi connectivity index (χ3v) is 5.38. The lowest BCUT2D eigenvalue weighted by Gasteiger charge is -2.11. The molecule has 7 heteroatoms. The summed E-state index contributed by atoms with van der Waals surface area (Å²) in [6.07, 6.45) is 4.36. The van der Waals surface area contributed by atoms with Gasteiger partial charge < -0.3 is 5.32 Å². The van der Waals surface area contributed by atoms with E-state index >= 15 is 0 Å². The van der Waals surface area contributed by atoms with Crippen molar-refractivity contribution in [3.63, 3.8) is 0 Å². The number of nitrogens with zero attached hydrogens (tertiary/aromatic N) is 4. The molecule has 2 heterocycles. The van der Waals surface area contributed by atoms with Crippen LogP contribution in [0.1, 0.15) is 16.1 Å². The molecule has 5 aromatic rings. The summed E-state index contributed by atoms with van der Waals surface area (Å²) in [5.74, 6) is -0.327. The molecule has 7 nitrogen and oxygen atoms in total. The van der Waals surface area contributed by atoms with Gasteiger partial charge in [-0.05, 0) is 42.3 Å². The molecule has 1 amide bonds. The maximum absolute atomic E-state index is 13.1. The second-order valence-electron chi connectivity index (χ2n) is 7.58. The SMILES string of the molecule is O=C(NCCc1cnn(-c2ccccc2)c1)c1nn(-c2ccccc2)c(=O)c2ccccc12. The third kappa shape index (κ3) is 4.16. The summed E-state index contributed by atoms with van der Waals surface area (Å²) >= 11 is 0. The summed E-state index contributed by atoms with van der Waals surface area (Å²) in [6.45, 7) is 0.416. The van der Waals surface area contributed by atoms with Gasteiger partial charge in [0.25, 0.3) is 11.5 Å². The number of nitrogens with one attached hydrogen (secondary N) is 1. The molecule has 2 aromatic heterocycles. The minimum absolute atomic E-state index is 0.217. The lowest BCUT2D eigenvalue weighted by Crippen LogP contribution is -2.31. The molecule has 0 aliphatic carbocycles. The first-order valence-corrected chi connectivity index (χ1v) is 10.7. The highest BCUT2D eigenvalue weighted by Crippen LogP contribution is 2.15. The van der Waals surface area contributed by atoms with Gasteiger partial charge in [-0.15, -0.1) is 0 Å². The predicted octanol–water partition coefficient (Wildman–Crippen LogP) is 3.54. The van der Waals surface area contributed by atoms with E-state index in [2.05, 4.69) is 15.5 Å². The van der Waals surface area contributed by atoms with Gasteiger partial charge in [0.15, 0.2) is 5.69 Å². The Kier molecular flexibility index (Phi) is 5.51. The van der Waals surface area contributed by atoms with Gasteiger partial charge in [-0.2, -0.15) is 14.9 Å². The van der Waals surface area contributed by atoms with Crippen LogP contribution in [-0.2, 0) is 6.42 Å². The van der Waals surface area contributed by atoms with Gasteiger partial charge in [0.05, 0.1) is 23.0 Å². The first-order chi connectivity index (χ1) is 16.2. The summed E-state index contributed by atoms with van der Waals surface area (Å²) in [6, 6.07) is 26.0. The number of amides is 1. The molecule has 33 heavy (non-hydrogen) atoms. The molecular formula is C26H21N5O2. The van der Waals surface area contributed by atoms with E-state index in [9.17, 15) is 9.59 Å². The number of carbonyl (C=O) groups is 1. The van der Waals surface area contributed by atoms with Crippen LogP contribution in [0.5, 0.6) is 0 Å². The molecule has 0 atom stereocenters. The van der Waals surface area contributed by atoms with Gasteiger partial charge in [-0.3, -0.25) is 9.59 Å². The van der Waals surface area contributed by atoms with Crippen LogP contribution in [0.4, 0.5) is 0 Å². The maximum atomic E-state index is 13.1. The van der Waals surface area contributed by atoms with Crippen LogP contribution in [0.3, 0.4) is 0 Å². The molecular weight excluding hydrogens is 414 g/mol. The van der Waals surface area contributed by atoms with Gasteiger partial charge in [-0.1, -0.05) is 54.6 Å². The molecule has 0 radical (unpaired) electrons. The van der Waals surface area contributed by atoms with Crippen molar-refractivity contribution >= 4 is 16.7 Å². The van der Waals surface area contributed by atoms with E-state index < -0.39 is 0 Å². The Bertz CT molecular complexity index is 1470. The van der Waals surface area contributed by atoms with Crippen molar-refractivity contribution in [3.8, 4) is 11.4 Å². The predicted molar refractivity (Wildman–Crippen MR) is 127 cm³/mol. The fourth-order valence-corrected chi connectivity index (χ4v) is 3.72. The molecule has 3 aromatic carbocycles. The molecule has 0 saturated carbocycles. The normalized spacial score (nSPS) is 10.9. The number of para-hydroxylation sites is 2. The fourth-order valence-electron chi connectivity index (χ4n) is 3.72. The summed E-state index contributed by atoms with van der Waals surface area (Å²) in [5, 5.41) is 12.7. The highest BCUT2D eigenvalue weighted by molar-refractivity contribution is 6.04. The van der Waals surface area contributed by atoms with Crippen LogP contribution in [0.2, 0.25) is 0 Å². The lowest BCUT2D eigenvalue weighted by molar-refractivity contribution is 0.0949. The van der Waals surface area contributed by atoms with Gasteiger partial charge in [0.2, 0.25) is 0 Å². The molecule has 1 N–H and O–H groups in total. The van der Waals surface area contributed by atoms with Gasteiger partial charge in [0, 0.05) is 18.1 Å². The average Bonchev–Trinajstić information content (AvgIpc) is 3.34. The first-order valence-electron chi connectivity index (χ1n) is 10.7. The van der Waals surface area contributed by atoms with Crippen LogP contribution in [0.25, 0.3) is 22.1 Å². The summed E-state index contributed by atoms with van der Waals surface area (Å²) in [7, 11) is 0. The Hall–Kier alpha value is -4.52. The number of benzene rings is 3. The molecule has 0 saturated heterocycles. The highest BCUT2D eigenvalue weighted by Gasteiger charge is 2.17. The number of hydrogen-bond donors (Lipinski definition) is 1. The first kappa shape index (κ1) is 20.4. The smallest absolute Gasteiger partial charge is 0.279 e. The maximum Gasteiger partial charge on any atom is 0.279 e. The Morgan fingerprint density at radius 3 is 2.18 bits per heavy atom. The van der Waals surface area contributed by atoms with Crippen molar-refractivity contribution in [3.05, 3.63) is 119 Å². The van der Waals surface area contributed by atoms with Crippen molar-refractivity contribution in [2.24, 2.45) is 0 Å². The Morgan fingerprint density at radius 1 is 0.818 bits per heavy atom. The van der Waals surface area contributed by atoms with Crippen molar-refractivity contribution in [1.82, 2.24) is 24.9 Å². The number of fused-ring (bicyclic) bond motifs is 1. The van der Waals surface area contributed by atoms with Crippen LogP contribution >= 0.6 is 0 Å². The van der Waals surface area contributed by atoms with E-state index in [-0.39, 0.29) is 17.2 Å². The van der Waals surface area contributed by atoms with Crippen molar-refractivity contribution in [1.29, 1.82) is 0 Å². The molecule has 0 unspecified atom stereocenters. The number of hydrogen-bond acceptors (Lipinski definition) is 4. The molecule has 0 aliphatic heterocycles. The quantitative estimate of drug-likeness (QED) is 0.442. The van der Waals surface area contributed by atoms with E-state index in [1.807, 2.05) is 59.4 Å². The zero-order valence-electron chi connectivity index (χ0n) is 17.8. The molecule has 0 aliphatic rings. The molecule has 5 rings (SSSR count). The Balaban J connectivity index is 1.37.